The smallest absolute Gasteiger partial charge is 0.361 e. The zero-order valence-electron chi connectivity index (χ0n) is 11.6. The lowest BCUT2D eigenvalue weighted by Crippen LogP contribution is -2.32. The molecular formula is C12H16F2N4O3. The minimum atomic E-state index is -2.97. The third kappa shape index (κ3) is 3.34. The summed E-state index contributed by atoms with van der Waals surface area (Å²) in [5.41, 5.74) is -1.22. The van der Waals surface area contributed by atoms with Crippen LogP contribution in [0, 0.1) is 0 Å². The van der Waals surface area contributed by atoms with Gasteiger partial charge in [0.1, 0.15) is 12.2 Å². The molecule has 0 saturated carbocycles. The molecule has 1 aliphatic rings. The van der Waals surface area contributed by atoms with Crippen LogP contribution in [0.15, 0.2) is 0 Å². The number of likely N-dealkylation sites (tertiary alicyclic amines) is 1. The van der Waals surface area contributed by atoms with E-state index in [0.717, 1.165) is 17.5 Å². The fourth-order valence-corrected chi connectivity index (χ4v) is 2.19. The van der Waals surface area contributed by atoms with Crippen LogP contribution in [-0.2, 0) is 16.1 Å². The van der Waals surface area contributed by atoms with Crippen LogP contribution in [0.3, 0.4) is 0 Å². The SMILES string of the molecule is CCOC(=O)c1nnn(CC(=O)N2CCCC2)c1C(F)F. The van der Waals surface area contributed by atoms with E-state index in [0.29, 0.717) is 13.1 Å². The number of rotatable bonds is 5. The van der Waals surface area contributed by atoms with Gasteiger partial charge in [-0.25, -0.2) is 18.3 Å². The lowest BCUT2D eigenvalue weighted by Gasteiger charge is -2.15. The number of esters is 1. The Labute approximate surface area is 119 Å². The summed E-state index contributed by atoms with van der Waals surface area (Å²) in [4.78, 5) is 25.1. The summed E-state index contributed by atoms with van der Waals surface area (Å²) in [6.45, 7) is 2.47. The first-order valence-electron chi connectivity index (χ1n) is 6.71. The van der Waals surface area contributed by atoms with Crippen LogP contribution >= 0.6 is 0 Å². The van der Waals surface area contributed by atoms with Gasteiger partial charge in [0, 0.05) is 13.1 Å². The second kappa shape index (κ2) is 6.59. The molecule has 7 nitrogen and oxygen atoms in total. The summed E-state index contributed by atoms with van der Waals surface area (Å²) in [6.07, 6.45) is -1.16. The van der Waals surface area contributed by atoms with Crippen LogP contribution in [-0.4, -0.2) is 51.5 Å². The lowest BCUT2D eigenvalue weighted by atomic mass is 10.3. The Morgan fingerprint density at radius 1 is 1.33 bits per heavy atom. The van der Waals surface area contributed by atoms with Gasteiger partial charge in [0.25, 0.3) is 6.43 Å². The molecule has 1 aromatic heterocycles. The summed E-state index contributed by atoms with van der Waals surface area (Å²) in [5, 5.41) is 6.91. The highest BCUT2D eigenvalue weighted by Crippen LogP contribution is 2.22. The van der Waals surface area contributed by atoms with Crippen LogP contribution in [0.4, 0.5) is 8.78 Å². The Kier molecular flexibility index (Phi) is 4.81. The van der Waals surface area contributed by atoms with Gasteiger partial charge in [-0.05, 0) is 19.8 Å². The summed E-state index contributed by atoms with van der Waals surface area (Å²) >= 11 is 0. The Morgan fingerprint density at radius 3 is 2.57 bits per heavy atom. The van der Waals surface area contributed by atoms with Crippen molar-refractivity contribution in [3.63, 3.8) is 0 Å². The first-order valence-corrected chi connectivity index (χ1v) is 6.71. The van der Waals surface area contributed by atoms with E-state index < -0.39 is 23.8 Å². The molecule has 0 atom stereocenters. The van der Waals surface area contributed by atoms with E-state index in [1.165, 1.54) is 0 Å². The summed E-state index contributed by atoms with van der Waals surface area (Å²) < 4.78 is 31.7. The fourth-order valence-electron chi connectivity index (χ4n) is 2.19. The van der Waals surface area contributed by atoms with Crippen molar-refractivity contribution in [1.82, 2.24) is 19.9 Å². The van der Waals surface area contributed by atoms with Crippen molar-refractivity contribution in [3.05, 3.63) is 11.4 Å². The molecule has 1 fully saturated rings. The molecule has 0 radical (unpaired) electrons. The number of ether oxygens (including phenoxy) is 1. The Bertz CT molecular complexity index is 527. The third-order valence-electron chi connectivity index (χ3n) is 3.19. The van der Waals surface area contributed by atoms with E-state index in [1.54, 1.807) is 11.8 Å². The molecule has 1 aliphatic heterocycles. The van der Waals surface area contributed by atoms with Gasteiger partial charge in [0.05, 0.1) is 6.61 Å². The second-order valence-corrected chi connectivity index (χ2v) is 4.59. The molecule has 9 heteroatoms. The number of hydrogen-bond donors (Lipinski definition) is 0. The van der Waals surface area contributed by atoms with Gasteiger partial charge in [-0.2, -0.15) is 0 Å². The monoisotopic (exact) mass is 302 g/mol. The van der Waals surface area contributed by atoms with Crippen molar-refractivity contribution < 1.29 is 23.1 Å². The lowest BCUT2D eigenvalue weighted by molar-refractivity contribution is -0.131. The highest BCUT2D eigenvalue weighted by molar-refractivity contribution is 5.88. The Morgan fingerprint density at radius 2 is 2.00 bits per heavy atom. The molecule has 116 valence electrons. The van der Waals surface area contributed by atoms with Crippen molar-refractivity contribution in [2.45, 2.75) is 32.7 Å². The first-order chi connectivity index (χ1) is 10.0. The van der Waals surface area contributed by atoms with Crippen molar-refractivity contribution in [2.75, 3.05) is 19.7 Å². The summed E-state index contributed by atoms with van der Waals surface area (Å²) in [6, 6.07) is 0. The van der Waals surface area contributed by atoms with E-state index in [1.807, 2.05) is 0 Å². The van der Waals surface area contributed by atoms with Crippen molar-refractivity contribution in [1.29, 1.82) is 0 Å². The van der Waals surface area contributed by atoms with E-state index in [-0.39, 0.29) is 19.1 Å². The quantitative estimate of drug-likeness (QED) is 0.759. The summed E-state index contributed by atoms with van der Waals surface area (Å²) in [5.74, 6) is -1.28. The number of amides is 1. The second-order valence-electron chi connectivity index (χ2n) is 4.59. The predicted molar refractivity (Wildman–Crippen MR) is 66.7 cm³/mol. The van der Waals surface area contributed by atoms with Gasteiger partial charge in [-0.3, -0.25) is 4.79 Å². The van der Waals surface area contributed by atoms with Gasteiger partial charge in [-0.15, -0.1) is 5.10 Å². The zero-order valence-corrected chi connectivity index (χ0v) is 11.6. The fraction of sp³-hybridized carbons (Fsp3) is 0.667. The molecule has 21 heavy (non-hydrogen) atoms. The van der Waals surface area contributed by atoms with E-state index in [9.17, 15) is 18.4 Å². The highest BCUT2D eigenvalue weighted by Gasteiger charge is 2.29. The Hall–Kier alpha value is -2.06. The number of alkyl halides is 2. The van der Waals surface area contributed by atoms with Gasteiger partial charge < -0.3 is 9.64 Å². The van der Waals surface area contributed by atoms with E-state index in [2.05, 4.69) is 15.0 Å². The molecule has 0 aromatic carbocycles. The maximum atomic E-state index is 13.1. The molecule has 0 aliphatic carbocycles. The minimum Gasteiger partial charge on any atom is -0.461 e. The van der Waals surface area contributed by atoms with Crippen LogP contribution in [0.5, 0.6) is 0 Å². The number of hydrogen-bond acceptors (Lipinski definition) is 5. The number of nitrogens with zero attached hydrogens (tertiary/aromatic N) is 4. The maximum Gasteiger partial charge on any atom is 0.361 e. The van der Waals surface area contributed by atoms with Crippen LogP contribution in [0.25, 0.3) is 0 Å². The predicted octanol–water partition coefficient (Wildman–Crippen LogP) is 1.01. The minimum absolute atomic E-state index is 0.0427. The van der Waals surface area contributed by atoms with Crippen molar-refractivity contribution in [3.8, 4) is 0 Å². The molecule has 0 unspecified atom stereocenters. The molecule has 1 aromatic rings. The zero-order chi connectivity index (χ0) is 15.4. The average Bonchev–Trinajstić information content (AvgIpc) is 3.07. The molecule has 0 bridgehead atoms. The largest absolute Gasteiger partial charge is 0.461 e. The van der Waals surface area contributed by atoms with Gasteiger partial charge >= 0.3 is 5.97 Å². The average molecular weight is 302 g/mol. The normalized spacial score (nSPS) is 14.8. The number of carbonyl (C=O) groups excluding carboxylic acids is 2. The molecule has 2 rings (SSSR count). The van der Waals surface area contributed by atoms with Crippen LogP contribution in [0.1, 0.15) is 42.4 Å². The van der Waals surface area contributed by atoms with E-state index in [4.69, 9.17) is 0 Å². The van der Waals surface area contributed by atoms with E-state index >= 15 is 0 Å². The maximum absolute atomic E-state index is 13.1. The Balaban J connectivity index is 2.19. The molecule has 1 amide bonds. The topological polar surface area (TPSA) is 77.3 Å². The third-order valence-corrected chi connectivity index (χ3v) is 3.19. The van der Waals surface area contributed by atoms with Crippen LogP contribution < -0.4 is 0 Å². The van der Waals surface area contributed by atoms with Crippen molar-refractivity contribution in [2.24, 2.45) is 0 Å². The highest BCUT2D eigenvalue weighted by atomic mass is 19.3. The number of halogens is 2. The molecule has 0 spiro atoms. The first kappa shape index (κ1) is 15.3. The molecule has 2 heterocycles. The van der Waals surface area contributed by atoms with Crippen LogP contribution in [0.2, 0.25) is 0 Å². The standard InChI is InChI=1S/C12H16F2N4O3/c1-2-21-12(20)9-10(11(13)14)18(16-15-9)7-8(19)17-5-3-4-6-17/h11H,2-7H2,1H3. The number of carbonyl (C=O) groups is 2. The van der Waals surface area contributed by atoms with Gasteiger partial charge in [-0.1, -0.05) is 5.21 Å². The van der Waals surface area contributed by atoms with Gasteiger partial charge in [0.2, 0.25) is 5.91 Å². The van der Waals surface area contributed by atoms with Gasteiger partial charge in [0.15, 0.2) is 5.69 Å². The molecular weight excluding hydrogens is 286 g/mol. The number of aromatic nitrogens is 3. The summed E-state index contributed by atoms with van der Waals surface area (Å²) in [7, 11) is 0. The van der Waals surface area contributed by atoms with Crippen molar-refractivity contribution >= 4 is 11.9 Å². The molecule has 0 N–H and O–H groups in total. The molecule has 1 saturated heterocycles.